The predicted octanol–water partition coefficient (Wildman–Crippen LogP) is 2.49. The van der Waals surface area contributed by atoms with Crippen molar-refractivity contribution in [1.82, 2.24) is 10.3 Å². The van der Waals surface area contributed by atoms with Crippen molar-refractivity contribution >= 4 is 11.3 Å². The second kappa shape index (κ2) is 9.57. The number of aromatic nitrogens is 1. The molecule has 0 fully saturated rings. The van der Waals surface area contributed by atoms with Crippen LogP contribution in [0.3, 0.4) is 0 Å². The maximum Gasteiger partial charge on any atom is 0.0940 e. The average molecular weight is 255 g/mol. The van der Waals surface area contributed by atoms with Gasteiger partial charge in [0.05, 0.1) is 5.01 Å². The Morgan fingerprint density at radius 2 is 1.94 bits per heavy atom. The molecule has 0 amide bonds. The molecule has 1 aromatic rings. The monoisotopic (exact) mass is 255 g/mol. The summed E-state index contributed by atoms with van der Waals surface area (Å²) in [6.07, 6.45) is 7.45. The zero-order valence-corrected chi connectivity index (χ0v) is 11.7. The Kier molecular flexibility index (Phi) is 8.22. The summed E-state index contributed by atoms with van der Waals surface area (Å²) in [5.41, 5.74) is 6.59. The topological polar surface area (TPSA) is 50.9 Å². The number of nitrogens with one attached hydrogen (secondary N) is 1. The van der Waals surface area contributed by atoms with Gasteiger partial charge in [0.2, 0.25) is 0 Å². The summed E-state index contributed by atoms with van der Waals surface area (Å²) < 4.78 is 0. The molecule has 3 nitrogen and oxygen atoms in total. The van der Waals surface area contributed by atoms with Crippen molar-refractivity contribution in [3.8, 4) is 0 Å². The fraction of sp³-hybridized carbons (Fsp3) is 0.769. The summed E-state index contributed by atoms with van der Waals surface area (Å²) in [7, 11) is 0. The van der Waals surface area contributed by atoms with Crippen molar-refractivity contribution in [2.75, 3.05) is 19.6 Å². The number of hydrogen-bond donors (Lipinski definition) is 2. The molecule has 0 saturated carbocycles. The van der Waals surface area contributed by atoms with E-state index in [0.717, 1.165) is 31.7 Å². The van der Waals surface area contributed by atoms with Gasteiger partial charge in [0.25, 0.3) is 0 Å². The molecule has 1 heterocycles. The minimum atomic E-state index is 0.839. The summed E-state index contributed by atoms with van der Waals surface area (Å²) in [6.45, 7) is 5.07. The molecule has 4 heteroatoms. The third-order valence-electron chi connectivity index (χ3n) is 2.74. The molecule has 1 aromatic heterocycles. The van der Waals surface area contributed by atoms with Crippen LogP contribution in [0.2, 0.25) is 0 Å². The van der Waals surface area contributed by atoms with Gasteiger partial charge in [0.1, 0.15) is 0 Å². The minimum Gasteiger partial charge on any atom is -0.330 e. The van der Waals surface area contributed by atoms with E-state index in [-0.39, 0.29) is 0 Å². The van der Waals surface area contributed by atoms with Crippen molar-refractivity contribution in [2.24, 2.45) is 5.73 Å². The van der Waals surface area contributed by atoms with E-state index in [1.54, 1.807) is 11.3 Å². The quantitative estimate of drug-likeness (QED) is 0.632. The van der Waals surface area contributed by atoms with Gasteiger partial charge >= 0.3 is 0 Å². The highest BCUT2D eigenvalue weighted by atomic mass is 32.1. The SMILES string of the molecule is Cc1csc(CCNCCCCCCCN)n1. The maximum absolute atomic E-state index is 5.45. The summed E-state index contributed by atoms with van der Waals surface area (Å²) in [5.74, 6) is 0. The number of aryl methyl sites for hydroxylation is 1. The number of nitrogens with zero attached hydrogens (tertiary/aromatic N) is 1. The predicted molar refractivity (Wildman–Crippen MR) is 75.6 cm³/mol. The van der Waals surface area contributed by atoms with E-state index >= 15 is 0 Å². The lowest BCUT2D eigenvalue weighted by molar-refractivity contribution is 0.578. The molecule has 0 atom stereocenters. The van der Waals surface area contributed by atoms with Crippen molar-refractivity contribution in [3.63, 3.8) is 0 Å². The Morgan fingerprint density at radius 3 is 2.65 bits per heavy atom. The molecule has 17 heavy (non-hydrogen) atoms. The number of thiazole rings is 1. The molecule has 0 aromatic carbocycles. The lowest BCUT2D eigenvalue weighted by Crippen LogP contribution is -2.18. The summed E-state index contributed by atoms with van der Waals surface area (Å²) in [4.78, 5) is 4.45. The molecule has 1 rings (SSSR count). The number of unbranched alkanes of at least 4 members (excludes halogenated alkanes) is 4. The Bertz CT molecular complexity index is 286. The van der Waals surface area contributed by atoms with E-state index in [1.165, 1.54) is 37.1 Å². The molecule has 98 valence electrons. The van der Waals surface area contributed by atoms with Crippen LogP contribution in [0.5, 0.6) is 0 Å². The van der Waals surface area contributed by atoms with Crippen LogP contribution in [0.1, 0.15) is 42.8 Å². The molecule has 0 aliphatic carbocycles. The molecule has 0 saturated heterocycles. The number of rotatable bonds is 10. The number of nitrogens with two attached hydrogens (primary N) is 1. The highest BCUT2D eigenvalue weighted by molar-refractivity contribution is 7.09. The largest absolute Gasteiger partial charge is 0.330 e. The van der Waals surface area contributed by atoms with E-state index in [2.05, 4.69) is 22.6 Å². The first-order chi connectivity index (χ1) is 8.33. The zero-order chi connectivity index (χ0) is 12.3. The van der Waals surface area contributed by atoms with Gasteiger partial charge < -0.3 is 11.1 Å². The van der Waals surface area contributed by atoms with Crippen LogP contribution in [0.25, 0.3) is 0 Å². The third-order valence-corrected chi connectivity index (χ3v) is 3.77. The van der Waals surface area contributed by atoms with Gasteiger partial charge in [-0.25, -0.2) is 4.98 Å². The Balaban J connectivity index is 1.84. The molecular weight excluding hydrogens is 230 g/mol. The van der Waals surface area contributed by atoms with Crippen LogP contribution >= 0.6 is 11.3 Å². The van der Waals surface area contributed by atoms with Gasteiger partial charge in [-0.05, 0) is 32.9 Å². The summed E-state index contributed by atoms with van der Waals surface area (Å²) in [6, 6.07) is 0. The van der Waals surface area contributed by atoms with Gasteiger partial charge in [0.15, 0.2) is 0 Å². The van der Waals surface area contributed by atoms with Crippen LogP contribution in [0.15, 0.2) is 5.38 Å². The molecular formula is C13H25N3S. The molecule has 0 radical (unpaired) electrons. The highest BCUT2D eigenvalue weighted by Gasteiger charge is 1.97. The van der Waals surface area contributed by atoms with Gasteiger partial charge in [-0.1, -0.05) is 19.3 Å². The first kappa shape index (κ1) is 14.6. The third kappa shape index (κ3) is 7.47. The highest BCUT2D eigenvalue weighted by Crippen LogP contribution is 2.08. The molecule has 0 aliphatic heterocycles. The smallest absolute Gasteiger partial charge is 0.0940 e. The van der Waals surface area contributed by atoms with Crippen LogP contribution in [0, 0.1) is 6.92 Å². The Hall–Kier alpha value is -0.450. The van der Waals surface area contributed by atoms with Gasteiger partial charge in [-0.15, -0.1) is 11.3 Å². The van der Waals surface area contributed by atoms with Crippen LogP contribution < -0.4 is 11.1 Å². The Morgan fingerprint density at radius 1 is 1.18 bits per heavy atom. The zero-order valence-electron chi connectivity index (χ0n) is 10.9. The number of hydrogen-bond acceptors (Lipinski definition) is 4. The molecule has 0 spiro atoms. The standard InChI is InChI=1S/C13H25N3S/c1-12-11-17-13(16-12)7-10-15-9-6-4-2-3-5-8-14/h11,15H,2-10,14H2,1H3. The van der Waals surface area contributed by atoms with E-state index in [0.29, 0.717) is 0 Å². The minimum absolute atomic E-state index is 0.839. The second-order valence-electron chi connectivity index (χ2n) is 4.44. The first-order valence-corrected chi connectivity index (χ1v) is 7.52. The van der Waals surface area contributed by atoms with Crippen LogP contribution in [-0.2, 0) is 6.42 Å². The van der Waals surface area contributed by atoms with Gasteiger partial charge in [-0.2, -0.15) is 0 Å². The lowest BCUT2D eigenvalue weighted by Gasteiger charge is -2.03. The van der Waals surface area contributed by atoms with Crippen LogP contribution in [-0.4, -0.2) is 24.6 Å². The molecule has 3 N–H and O–H groups in total. The van der Waals surface area contributed by atoms with Crippen LogP contribution in [0.4, 0.5) is 0 Å². The van der Waals surface area contributed by atoms with E-state index in [4.69, 9.17) is 5.73 Å². The van der Waals surface area contributed by atoms with E-state index in [9.17, 15) is 0 Å². The molecule has 0 unspecified atom stereocenters. The van der Waals surface area contributed by atoms with Crippen molar-refractivity contribution in [3.05, 3.63) is 16.1 Å². The summed E-state index contributed by atoms with van der Waals surface area (Å²) >= 11 is 1.76. The van der Waals surface area contributed by atoms with E-state index < -0.39 is 0 Å². The maximum atomic E-state index is 5.45. The van der Waals surface area contributed by atoms with Crippen molar-refractivity contribution < 1.29 is 0 Å². The molecule has 0 aliphatic rings. The first-order valence-electron chi connectivity index (χ1n) is 6.64. The van der Waals surface area contributed by atoms with Crippen molar-refractivity contribution in [1.29, 1.82) is 0 Å². The van der Waals surface area contributed by atoms with E-state index in [1.807, 2.05) is 0 Å². The summed E-state index contributed by atoms with van der Waals surface area (Å²) in [5, 5.41) is 6.84. The fourth-order valence-electron chi connectivity index (χ4n) is 1.76. The van der Waals surface area contributed by atoms with Gasteiger partial charge in [-0.3, -0.25) is 0 Å². The molecule has 0 bridgehead atoms. The lowest BCUT2D eigenvalue weighted by atomic mass is 10.1. The van der Waals surface area contributed by atoms with Gasteiger partial charge in [0, 0.05) is 24.0 Å². The second-order valence-corrected chi connectivity index (χ2v) is 5.38. The fourth-order valence-corrected chi connectivity index (χ4v) is 2.54. The normalized spacial score (nSPS) is 10.9. The Labute approximate surface area is 109 Å². The average Bonchev–Trinajstić information content (AvgIpc) is 2.73. The van der Waals surface area contributed by atoms with Crippen molar-refractivity contribution in [2.45, 2.75) is 45.4 Å².